The van der Waals surface area contributed by atoms with Crippen molar-refractivity contribution in [2.45, 2.75) is 46.1 Å². The maximum atomic E-state index is 12.8. The minimum Gasteiger partial charge on any atom is -0.479 e. The molecule has 4 nitrogen and oxygen atoms in total. The van der Waals surface area contributed by atoms with Crippen LogP contribution in [0.2, 0.25) is 0 Å². The van der Waals surface area contributed by atoms with Crippen LogP contribution in [0.1, 0.15) is 50.8 Å². The first-order valence-electron chi connectivity index (χ1n) is 8.12. The summed E-state index contributed by atoms with van der Waals surface area (Å²) in [4.78, 5) is 26.2. The molecule has 0 saturated heterocycles. The number of carboxylic acid groups (broad SMARTS) is 1. The zero-order chi connectivity index (χ0) is 16.3. The van der Waals surface area contributed by atoms with Crippen LogP contribution in [0.5, 0.6) is 0 Å². The van der Waals surface area contributed by atoms with E-state index in [-0.39, 0.29) is 11.8 Å². The Labute approximate surface area is 132 Å². The number of benzene rings is 1. The van der Waals surface area contributed by atoms with Crippen LogP contribution >= 0.6 is 0 Å². The second kappa shape index (κ2) is 6.95. The van der Waals surface area contributed by atoms with E-state index in [4.69, 9.17) is 0 Å². The van der Waals surface area contributed by atoms with Crippen LogP contribution in [0, 0.1) is 11.8 Å². The van der Waals surface area contributed by atoms with E-state index in [0.29, 0.717) is 12.5 Å². The molecule has 4 heteroatoms. The predicted octanol–water partition coefficient (Wildman–Crippen LogP) is 3.27. The van der Waals surface area contributed by atoms with Crippen molar-refractivity contribution in [2.75, 3.05) is 6.54 Å². The number of carbonyl (C=O) groups excluding carboxylic acids is 1. The molecule has 120 valence electrons. The highest BCUT2D eigenvalue weighted by molar-refractivity contribution is 5.86. The van der Waals surface area contributed by atoms with E-state index >= 15 is 0 Å². The lowest BCUT2D eigenvalue weighted by molar-refractivity contribution is -0.153. The Morgan fingerprint density at radius 1 is 1.27 bits per heavy atom. The van der Waals surface area contributed by atoms with E-state index in [9.17, 15) is 14.7 Å². The van der Waals surface area contributed by atoms with Gasteiger partial charge in [-0.05, 0) is 23.5 Å². The zero-order valence-electron chi connectivity index (χ0n) is 13.6. The largest absolute Gasteiger partial charge is 0.479 e. The van der Waals surface area contributed by atoms with Gasteiger partial charge in [0, 0.05) is 12.5 Å². The van der Waals surface area contributed by atoms with Crippen LogP contribution in [0.25, 0.3) is 0 Å². The standard InChI is InChI=1S/C18H25NO3/c1-4-13(5-2)12(3)17(20)19-11-10-14-8-6-7-9-15(14)16(19)18(21)22/h6-9,12-13,16H,4-5,10-11H2,1-3H3,(H,21,22). The second-order valence-corrected chi connectivity index (χ2v) is 6.09. The summed E-state index contributed by atoms with van der Waals surface area (Å²) in [5.74, 6) is -0.811. The Hall–Kier alpha value is -1.84. The molecule has 0 aliphatic carbocycles. The lowest BCUT2D eigenvalue weighted by atomic mass is 9.86. The van der Waals surface area contributed by atoms with Gasteiger partial charge >= 0.3 is 5.97 Å². The minimum absolute atomic E-state index is 0.0318. The molecule has 1 aromatic rings. The van der Waals surface area contributed by atoms with E-state index in [2.05, 4.69) is 13.8 Å². The number of hydrogen-bond donors (Lipinski definition) is 1. The highest BCUT2D eigenvalue weighted by Gasteiger charge is 2.38. The first-order valence-corrected chi connectivity index (χ1v) is 8.12. The van der Waals surface area contributed by atoms with Gasteiger partial charge in [-0.15, -0.1) is 0 Å². The molecule has 2 rings (SSSR count). The number of rotatable bonds is 5. The van der Waals surface area contributed by atoms with Crippen molar-refractivity contribution in [3.05, 3.63) is 35.4 Å². The van der Waals surface area contributed by atoms with Crippen LogP contribution < -0.4 is 0 Å². The summed E-state index contributed by atoms with van der Waals surface area (Å²) in [6, 6.07) is 6.69. The Kier molecular flexibility index (Phi) is 5.22. The molecule has 1 N–H and O–H groups in total. The summed E-state index contributed by atoms with van der Waals surface area (Å²) in [6.07, 6.45) is 2.60. The fourth-order valence-electron chi connectivity index (χ4n) is 3.53. The number of aliphatic carboxylic acids is 1. The molecular formula is C18H25NO3. The van der Waals surface area contributed by atoms with Crippen molar-refractivity contribution in [3.63, 3.8) is 0 Å². The predicted molar refractivity (Wildman–Crippen MR) is 85.5 cm³/mol. The number of carboxylic acids is 1. The van der Waals surface area contributed by atoms with Gasteiger partial charge in [-0.2, -0.15) is 0 Å². The Morgan fingerprint density at radius 2 is 1.91 bits per heavy atom. The van der Waals surface area contributed by atoms with Crippen molar-refractivity contribution in [1.29, 1.82) is 0 Å². The second-order valence-electron chi connectivity index (χ2n) is 6.09. The van der Waals surface area contributed by atoms with E-state index < -0.39 is 12.0 Å². The lowest BCUT2D eigenvalue weighted by Crippen LogP contribution is -2.46. The van der Waals surface area contributed by atoms with Gasteiger partial charge in [-0.3, -0.25) is 4.79 Å². The van der Waals surface area contributed by atoms with Crippen molar-refractivity contribution in [3.8, 4) is 0 Å². The van der Waals surface area contributed by atoms with Crippen LogP contribution in [0.3, 0.4) is 0 Å². The third kappa shape index (κ3) is 3.01. The molecule has 2 atom stereocenters. The van der Waals surface area contributed by atoms with Gasteiger partial charge in [0.25, 0.3) is 0 Å². The van der Waals surface area contributed by atoms with Gasteiger partial charge in [-0.1, -0.05) is 57.9 Å². The highest BCUT2D eigenvalue weighted by atomic mass is 16.4. The Balaban J connectivity index is 2.31. The summed E-state index contributed by atoms with van der Waals surface area (Å²) < 4.78 is 0. The molecule has 0 spiro atoms. The third-order valence-electron chi connectivity index (χ3n) is 4.95. The van der Waals surface area contributed by atoms with Gasteiger partial charge < -0.3 is 10.0 Å². The maximum absolute atomic E-state index is 12.8. The molecule has 1 aliphatic heterocycles. The van der Waals surface area contributed by atoms with Crippen LogP contribution in [0.15, 0.2) is 24.3 Å². The summed E-state index contributed by atoms with van der Waals surface area (Å²) in [5, 5.41) is 9.65. The number of nitrogens with zero attached hydrogens (tertiary/aromatic N) is 1. The third-order valence-corrected chi connectivity index (χ3v) is 4.95. The molecule has 1 amide bonds. The molecule has 22 heavy (non-hydrogen) atoms. The first-order chi connectivity index (χ1) is 10.5. The van der Waals surface area contributed by atoms with Crippen molar-refractivity contribution in [2.24, 2.45) is 11.8 Å². The Bertz CT molecular complexity index is 551. The summed E-state index contributed by atoms with van der Waals surface area (Å²) >= 11 is 0. The smallest absolute Gasteiger partial charge is 0.331 e. The number of hydrogen-bond acceptors (Lipinski definition) is 2. The maximum Gasteiger partial charge on any atom is 0.331 e. The van der Waals surface area contributed by atoms with E-state index in [1.54, 1.807) is 4.90 Å². The lowest BCUT2D eigenvalue weighted by Gasteiger charge is -2.37. The van der Waals surface area contributed by atoms with Gasteiger partial charge in [0.15, 0.2) is 6.04 Å². The van der Waals surface area contributed by atoms with Crippen molar-refractivity contribution in [1.82, 2.24) is 4.90 Å². The number of amides is 1. The van der Waals surface area contributed by atoms with Crippen LogP contribution in [-0.2, 0) is 16.0 Å². The SMILES string of the molecule is CCC(CC)C(C)C(=O)N1CCc2ccccc2C1C(=O)O. The summed E-state index contributed by atoms with van der Waals surface area (Å²) in [7, 11) is 0. The zero-order valence-corrected chi connectivity index (χ0v) is 13.6. The fourth-order valence-corrected chi connectivity index (χ4v) is 3.53. The summed E-state index contributed by atoms with van der Waals surface area (Å²) in [6.45, 7) is 6.58. The van der Waals surface area contributed by atoms with Gasteiger partial charge in [0.05, 0.1) is 0 Å². The summed E-state index contributed by atoms with van der Waals surface area (Å²) in [5.41, 5.74) is 1.79. The van der Waals surface area contributed by atoms with Crippen molar-refractivity contribution >= 4 is 11.9 Å². The van der Waals surface area contributed by atoms with E-state index in [0.717, 1.165) is 30.4 Å². The normalized spacial score (nSPS) is 18.9. The van der Waals surface area contributed by atoms with Gasteiger partial charge in [-0.25, -0.2) is 4.79 Å². The van der Waals surface area contributed by atoms with E-state index in [1.807, 2.05) is 31.2 Å². The molecule has 0 fully saturated rings. The number of carbonyl (C=O) groups is 2. The fraction of sp³-hybridized carbons (Fsp3) is 0.556. The van der Waals surface area contributed by atoms with Gasteiger partial charge in [0.1, 0.15) is 0 Å². The van der Waals surface area contributed by atoms with Gasteiger partial charge in [0.2, 0.25) is 5.91 Å². The number of fused-ring (bicyclic) bond motifs is 1. The minimum atomic E-state index is -0.947. The van der Waals surface area contributed by atoms with E-state index in [1.165, 1.54) is 0 Å². The average molecular weight is 303 g/mol. The molecule has 0 aromatic heterocycles. The quantitative estimate of drug-likeness (QED) is 0.908. The van der Waals surface area contributed by atoms with Crippen molar-refractivity contribution < 1.29 is 14.7 Å². The van der Waals surface area contributed by atoms with Crippen LogP contribution in [-0.4, -0.2) is 28.4 Å². The Morgan fingerprint density at radius 3 is 2.50 bits per heavy atom. The topological polar surface area (TPSA) is 57.6 Å². The average Bonchev–Trinajstić information content (AvgIpc) is 2.53. The molecule has 2 unspecified atom stereocenters. The highest BCUT2D eigenvalue weighted by Crippen LogP contribution is 2.33. The monoisotopic (exact) mass is 303 g/mol. The molecule has 1 heterocycles. The molecular weight excluding hydrogens is 278 g/mol. The molecule has 0 saturated carbocycles. The van der Waals surface area contributed by atoms with Crippen LogP contribution in [0.4, 0.5) is 0 Å². The molecule has 1 aliphatic rings. The molecule has 0 radical (unpaired) electrons. The first kappa shape index (κ1) is 16.5. The molecule has 0 bridgehead atoms. The molecule has 1 aromatic carbocycles.